The monoisotopic (exact) mass is 365 g/mol. The van der Waals surface area contributed by atoms with Gasteiger partial charge in [-0.1, -0.05) is 39.7 Å². The molecule has 2 rings (SSSR count). The van der Waals surface area contributed by atoms with Crippen LogP contribution in [-0.4, -0.2) is 13.0 Å². The molecule has 0 saturated heterocycles. The van der Waals surface area contributed by atoms with Gasteiger partial charge in [-0.15, -0.1) is 0 Å². The first-order valence-electron chi connectivity index (χ1n) is 6.16. The second kappa shape index (κ2) is 7.29. The van der Waals surface area contributed by atoms with Gasteiger partial charge in [0, 0.05) is 15.6 Å². The zero-order chi connectivity index (χ0) is 15.2. The Kier molecular flexibility index (Phi) is 5.42. The van der Waals surface area contributed by atoms with Crippen LogP contribution in [0.25, 0.3) is 6.08 Å². The van der Waals surface area contributed by atoms with Crippen LogP contribution in [0, 0.1) is 0 Å². The van der Waals surface area contributed by atoms with Gasteiger partial charge < -0.3 is 10.1 Å². The van der Waals surface area contributed by atoms with Crippen LogP contribution >= 0.6 is 27.5 Å². The molecule has 0 aliphatic rings. The number of ether oxygens (including phenoxy) is 1. The van der Waals surface area contributed by atoms with E-state index < -0.39 is 0 Å². The summed E-state index contributed by atoms with van der Waals surface area (Å²) in [5, 5.41) is 3.27. The summed E-state index contributed by atoms with van der Waals surface area (Å²) in [6, 6.07) is 12.7. The zero-order valence-electron chi connectivity index (χ0n) is 11.3. The molecule has 0 bridgehead atoms. The van der Waals surface area contributed by atoms with Gasteiger partial charge in [0.2, 0.25) is 5.91 Å². The Hall–Kier alpha value is -1.78. The van der Waals surface area contributed by atoms with Crippen LogP contribution in [0.15, 0.2) is 53.0 Å². The first-order chi connectivity index (χ1) is 10.1. The number of rotatable bonds is 4. The Morgan fingerprint density at radius 1 is 1.29 bits per heavy atom. The molecule has 1 amide bonds. The average molecular weight is 367 g/mol. The average Bonchev–Trinajstić information content (AvgIpc) is 2.45. The van der Waals surface area contributed by atoms with Gasteiger partial charge in [0.1, 0.15) is 5.75 Å². The van der Waals surface area contributed by atoms with E-state index in [0.29, 0.717) is 16.5 Å². The van der Waals surface area contributed by atoms with Crippen molar-refractivity contribution in [3.8, 4) is 5.75 Å². The first kappa shape index (κ1) is 15.6. The van der Waals surface area contributed by atoms with E-state index in [1.807, 2.05) is 24.3 Å². The predicted molar refractivity (Wildman–Crippen MR) is 89.8 cm³/mol. The summed E-state index contributed by atoms with van der Waals surface area (Å²) in [5.74, 6) is 0.305. The quantitative estimate of drug-likeness (QED) is 0.792. The Labute approximate surface area is 136 Å². The van der Waals surface area contributed by atoms with E-state index in [1.54, 1.807) is 24.3 Å². The number of amides is 1. The predicted octanol–water partition coefficient (Wildman–Crippen LogP) is 4.76. The van der Waals surface area contributed by atoms with E-state index in [2.05, 4.69) is 21.2 Å². The highest BCUT2D eigenvalue weighted by atomic mass is 79.9. The fourth-order valence-electron chi connectivity index (χ4n) is 1.73. The van der Waals surface area contributed by atoms with Crippen LogP contribution in [-0.2, 0) is 4.79 Å². The lowest BCUT2D eigenvalue weighted by atomic mass is 10.2. The number of anilines is 1. The van der Waals surface area contributed by atoms with Crippen LogP contribution in [0.2, 0.25) is 5.02 Å². The highest BCUT2D eigenvalue weighted by Crippen LogP contribution is 2.27. The number of nitrogens with one attached hydrogen (secondary N) is 1. The van der Waals surface area contributed by atoms with Crippen molar-refractivity contribution < 1.29 is 9.53 Å². The molecule has 1 N–H and O–H groups in total. The zero-order valence-corrected chi connectivity index (χ0v) is 13.6. The molecule has 0 unspecified atom stereocenters. The lowest BCUT2D eigenvalue weighted by molar-refractivity contribution is -0.111. The van der Waals surface area contributed by atoms with Crippen molar-refractivity contribution in [3.63, 3.8) is 0 Å². The number of benzene rings is 2. The van der Waals surface area contributed by atoms with Crippen LogP contribution < -0.4 is 10.1 Å². The fraction of sp³-hybridized carbons (Fsp3) is 0.0625. The molecular formula is C16H13BrClNO2. The summed E-state index contributed by atoms with van der Waals surface area (Å²) >= 11 is 9.30. The van der Waals surface area contributed by atoms with Gasteiger partial charge in [0.05, 0.1) is 12.8 Å². The topological polar surface area (TPSA) is 38.3 Å². The van der Waals surface area contributed by atoms with Crippen LogP contribution in [0.3, 0.4) is 0 Å². The summed E-state index contributed by atoms with van der Waals surface area (Å²) in [6.07, 6.45) is 3.19. The number of methoxy groups -OCH3 is 1. The molecule has 0 radical (unpaired) electrons. The van der Waals surface area contributed by atoms with Crippen molar-refractivity contribution in [3.05, 3.63) is 63.6 Å². The second-order valence-electron chi connectivity index (χ2n) is 4.22. The molecule has 0 aliphatic carbocycles. The van der Waals surface area contributed by atoms with Gasteiger partial charge in [-0.3, -0.25) is 4.79 Å². The maximum absolute atomic E-state index is 11.9. The standard InChI is InChI=1S/C16H13BrClNO2/c1-21-15-7-6-13(18)10-14(15)19-16(20)8-5-11-3-2-4-12(17)9-11/h2-10H,1H3,(H,19,20)/b8-5+. The van der Waals surface area contributed by atoms with Crippen molar-refractivity contribution in [2.75, 3.05) is 12.4 Å². The third-order valence-corrected chi connectivity index (χ3v) is 3.42. The minimum Gasteiger partial charge on any atom is -0.495 e. The molecule has 108 valence electrons. The van der Waals surface area contributed by atoms with Gasteiger partial charge in [-0.05, 0) is 42.0 Å². The smallest absolute Gasteiger partial charge is 0.248 e. The van der Waals surface area contributed by atoms with Gasteiger partial charge in [0.25, 0.3) is 0 Å². The normalized spacial score (nSPS) is 10.6. The Balaban J connectivity index is 2.10. The minimum atomic E-state index is -0.254. The largest absolute Gasteiger partial charge is 0.495 e. The SMILES string of the molecule is COc1ccc(Cl)cc1NC(=O)/C=C/c1cccc(Br)c1. The second-order valence-corrected chi connectivity index (χ2v) is 5.57. The molecule has 0 heterocycles. The molecule has 0 atom stereocenters. The molecular weight excluding hydrogens is 354 g/mol. The third-order valence-electron chi connectivity index (χ3n) is 2.70. The molecule has 3 nitrogen and oxygen atoms in total. The van der Waals surface area contributed by atoms with Crippen LogP contribution in [0.4, 0.5) is 5.69 Å². The lowest BCUT2D eigenvalue weighted by Crippen LogP contribution is -2.08. The maximum atomic E-state index is 11.9. The van der Waals surface area contributed by atoms with E-state index in [9.17, 15) is 4.79 Å². The van der Waals surface area contributed by atoms with Crippen LogP contribution in [0.5, 0.6) is 5.75 Å². The summed E-state index contributed by atoms with van der Waals surface area (Å²) < 4.78 is 6.14. The highest BCUT2D eigenvalue weighted by Gasteiger charge is 2.06. The van der Waals surface area contributed by atoms with Crippen molar-refractivity contribution >= 4 is 45.2 Å². The van der Waals surface area contributed by atoms with E-state index in [4.69, 9.17) is 16.3 Å². The maximum Gasteiger partial charge on any atom is 0.248 e. The molecule has 21 heavy (non-hydrogen) atoms. The third kappa shape index (κ3) is 4.62. The molecule has 0 spiro atoms. The molecule has 0 aromatic heterocycles. The fourth-order valence-corrected chi connectivity index (χ4v) is 2.32. The van der Waals surface area contributed by atoms with E-state index >= 15 is 0 Å². The highest BCUT2D eigenvalue weighted by molar-refractivity contribution is 9.10. The molecule has 0 saturated carbocycles. The molecule has 2 aromatic carbocycles. The van der Waals surface area contributed by atoms with Gasteiger partial charge >= 0.3 is 0 Å². The van der Waals surface area contributed by atoms with E-state index in [1.165, 1.54) is 13.2 Å². The molecule has 0 fully saturated rings. The molecule has 5 heteroatoms. The van der Waals surface area contributed by atoms with E-state index in [0.717, 1.165) is 10.0 Å². The Bertz CT molecular complexity index is 686. The van der Waals surface area contributed by atoms with Gasteiger partial charge in [0.15, 0.2) is 0 Å². The summed E-state index contributed by atoms with van der Waals surface area (Å²) in [4.78, 5) is 11.9. The Morgan fingerprint density at radius 3 is 2.81 bits per heavy atom. The van der Waals surface area contributed by atoms with Crippen molar-refractivity contribution in [2.45, 2.75) is 0 Å². The summed E-state index contributed by atoms with van der Waals surface area (Å²) in [6.45, 7) is 0. The number of halogens is 2. The summed E-state index contributed by atoms with van der Waals surface area (Å²) in [5.41, 5.74) is 1.46. The van der Waals surface area contributed by atoms with Crippen molar-refractivity contribution in [1.82, 2.24) is 0 Å². The number of carbonyl (C=O) groups is 1. The minimum absolute atomic E-state index is 0.254. The van der Waals surface area contributed by atoms with E-state index in [-0.39, 0.29) is 5.91 Å². The summed E-state index contributed by atoms with van der Waals surface area (Å²) in [7, 11) is 1.54. The van der Waals surface area contributed by atoms with Gasteiger partial charge in [-0.2, -0.15) is 0 Å². The Morgan fingerprint density at radius 2 is 2.10 bits per heavy atom. The van der Waals surface area contributed by atoms with Crippen molar-refractivity contribution in [2.24, 2.45) is 0 Å². The number of carbonyl (C=O) groups excluding carboxylic acids is 1. The van der Waals surface area contributed by atoms with Gasteiger partial charge in [-0.25, -0.2) is 0 Å². The van der Waals surface area contributed by atoms with Crippen LogP contribution in [0.1, 0.15) is 5.56 Å². The number of hydrogen-bond acceptors (Lipinski definition) is 2. The number of hydrogen-bond donors (Lipinski definition) is 1. The first-order valence-corrected chi connectivity index (χ1v) is 7.34. The molecule has 0 aliphatic heterocycles. The van der Waals surface area contributed by atoms with Crippen molar-refractivity contribution in [1.29, 1.82) is 0 Å². The molecule has 2 aromatic rings. The lowest BCUT2D eigenvalue weighted by Gasteiger charge is -2.08.